The second kappa shape index (κ2) is 8.95. The summed E-state index contributed by atoms with van der Waals surface area (Å²) in [6, 6.07) is 13.7. The fourth-order valence-electron chi connectivity index (χ4n) is 2.89. The molecule has 0 spiro atoms. The normalized spacial score (nSPS) is 12.1. The second-order valence-corrected chi connectivity index (χ2v) is 7.58. The molecular weight excluding hydrogens is 358 g/mol. The molecule has 3 rings (SSSR count). The fourth-order valence-corrected chi connectivity index (χ4v) is 3.36. The summed E-state index contributed by atoms with van der Waals surface area (Å²) in [4.78, 5) is 20.5. The molecule has 0 radical (unpaired) electrons. The molecule has 1 amide bonds. The molecular formula is C21H25N3O2S. The van der Waals surface area contributed by atoms with Crippen molar-refractivity contribution in [1.82, 2.24) is 15.3 Å². The summed E-state index contributed by atoms with van der Waals surface area (Å²) in [6.07, 6.45) is 2.86. The van der Waals surface area contributed by atoms with E-state index in [-0.39, 0.29) is 18.6 Å². The molecule has 5 nitrogen and oxygen atoms in total. The molecule has 0 aliphatic carbocycles. The van der Waals surface area contributed by atoms with Crippen molar-refractivity contribution in [3.8, 4) is 5.75 Å². The zero-order valence-corrected chi connectivity index (χ0v) is 16.7. The summed E-state index contributed by atoms with van der Waals surface area (Å²) in [5.41, 5.74) is 4.01. The van der Waals surface area contributed by atoms with Crippen LogP contribution in [0, 0.1) is 13.8 Å². The fraction of sp³-hybridized carbons (Fsp3) is 0.333. The maximum atomic E-state index is 12.5. The monoisotopic (exact) mass is 383 g/mol. The number of carbonyl (C=O) groups excluding carboxylic acids is 1. The Balaban J connectivity index is 1.68. The van der Waals surface area contributed by atoms with Gasteiger partial charge < -0.3 is 15.0 Å². The van der Waals surface area contributed by atoms with Crippen LogP contribution < -0.4 is 10.1 Å². The van der Waals surface area contributed by atoms with E-state index in [1.165, 1.54) is 0 Å². The van der Waals surface area contributed by atoms with Crippen LogP contribution in [0.25, 0.3) is 11.0 Å². The molecule has 0 bridgehead atoms. The van der Waals surface area contributed by atoms with Crippen LogP contribution >= 0.6 is 11.8 Å². The molecule has 0 aliphatic heterocycles. The Morgan fingerprint density at radius 1 is 1.26 bits per heavy atom. The number of hydrogen-bond donors (Lipinski definition) is 2. The van der Waals surface area contributed by atoms with Crippen molar-refractivity contribution in [3.63, 3.8) is 0 Å². The average molecular weight is 384 g/mol. The molecule has 0 fully saturated rings. The maximum Gasteiger partial charge on any atom is 0.258 e. The SMILES string of the molecule is CSCCC(NC(=O)COc1cc(C)ccc1C)c1nc2ccccc2[nH]1. The van der Waals surface area contributed by atoms with Gasteiger partial charge in [-0.2, -0.15) is 11.8 Å². The van der Waals surface area contributed by atoms with Crippen LogP contribution in [0.15, 0.2) is 42.5 Å². The van der Waals surface area contributed by atoms with Crippen LogP contribution in [0.3, 0.4) is 0 Å². The molecule has 3 aromatic rings. The summed E-state index contributed by atoms with van der Waals surface area (Å²) < 4.78 is 5.73. The minimum atomic E-state index is -0.167. The maximum absolute atomic E-state index is 12.5. The van der Waals surface area contributed by atoms with E-state index in [1.807, 2.05) is 56.3 Å². The van der Waals surface area contributed by atoms with Gasteiger partial charge in [-0.3, -0.25) is 4.79 Å². The number of carbonyl (C=O) groups is 1. The third-order valence-electron chi connectivity index (χ3n) is 4.39. The number of para-hydroxylation sites is 2. The summed E-state index contributed by atoms with van der Waals surface area (Å²) in [7, 11) is 0. The number of benzene rings is 2. The van der Waals surface area contributed by atoms with Crippen molar-refractivity contribution in [1.29, 1.82) is 0 Å². The summed E-state index contributed by atoms with van der Waals surface area (Å²) in [6.45, 7) is 3.97. The number of hydrogen-bond acceptors (Lipinski definition) is 4. The number of H-pyrrole nitrogens is 1. The summed E-state index contributed by atoms with van der Waals surface area (Å²) >= 11 is 1.75. The van der Waals surface area contributed by atoms with E-state index in [0.29, 0.717) is 0 Å². The second-order valence-electron chi connectivity index (χ2n) is 6.60. The highest BCUT2D eigenvalue weighted by Crippen LogP contribution is 2.21. The van der Waals surface area contributed by atoms with Gasteiger partial charge in [0.2, 0.25) is 0 Å². The van der Waals surface area contributed by atoms with E-state index in [9.17, 15) is 4.79 Å². The first kappa shape index (κ1) is 19.3. The third kappa shape index (κ3) is 5.04. The lowest BCUT2D eigenvalue weighted by Crippen LogP contribution is -2.33. The van der Waals surface area contributed by atoms with Gasteiger partial charge >= 0.3 is 0 Å². The number of nitrogens with one attached hydrogen (secondary N) is 2. The number of thioether (sulfide) groups is 1. The highest BCUT2D eigenvalue weighted by Gasteiger charge is 2.18. The predicted octanol–water partition coefficient (Wildman–Crippen LogP) is 4.17. The summed E-state index contributed by atoms with van der Waals surface area (Å²) in [5.74, 6) is 2.31. The molecule has 1 atom stereocenters. The lowest BCUT2D eigenvalue weighted by atomic mass is 10.1. The molecule has 0 saturated heterocycles. The van der Waals surface area contributed by atoms with Crippen LogP contribution in [-0.2, 0) is 4.79 Å². The number of fused-ring (bicyclic) bond motifs is 1. The molecule has 1 unspecified atom stereocenters. The number of aromatic amines is 1. The molecule has 1 aromatic heterocycles. The predicted molar refractivity (Wildman–Crippen MR) is 111 cm³/mol. The zero-order chi connectivity index (χ0) is 19.2. The van der Waals surface area contributed by atoms with Gasteiger partial charge in [0, 0.05) is 0 Å². The van der Waals surface area contributed by atoms with Crippen molar-refractivity contribution >= 4 is 28.7 Å². The molecule has 1 heterocycles. The number of amides is 1. The Morgan fingerprint density at radius 3 is 2.85 bits per heavy atom. The highest BCUT2D eigenvalue weighted by atomic mass is 32.2. The van der Waals surface area contributed by atoms with Crippen LogP contribution in [0.4, 0.5) is 0 Å². The quantitative estimate of drug-likeness (QED) is 0.613. The van der Waals surface area contributed by atoms with Gasteiger partial charge in [0.1, 0.15) is 11.6 Å². The Hall–Kier alpha value is -2.47. The van der Waals surface area contributed by atoms with Gasteiger partial charge in [-0.05, 0) is 61.6 Å². The van der Waals surface area contributed by atoms with E-state index >= 15 is 0 Å². The Morgan fingerprint density at radius 2 is 2.07 bits per heavy atom. The molecule has 2 aromatic carbocycles. The largest absolute Gasteiger partial charge is 0.483 e. The van der Waals surface area contributed by atoms with E-state index in [1.54, 1.807) is 11.8 Å². The average Bonchev–Trinajstić information content (AvgIpc) is 3.10. The topological polar surface area (TPSA) is 67.0 Å². The number of rotatable bonds is 8. The first-order chi connectivity index (χ1) is 13.1. The Labute approximate surface area is 163 Å². The molecule has 142 valence electrons. The minimum Gasteiger partial charge on any atom is -0.483 e. The van der Waals surface area contributed by atoms with Crippen LogP contribution in [0.5, 0.6) is 5.75 Å². The van der Waals surface area contributed by atoms with Crippen molar-refractivity contribution in [2.75, 3.05) is 18.6 Å². The first-order valence-electron chi connectivity index (χ1n) is 9.00. The van der Waals surface area contributed by atoms with Gasteiger partial charge in [0.05, 0.1) is 17.1 Å². The van der Waals surface area contributed by atoms with Crippen molar-refractivity contribution in [2.45, 2.75) is 26.3 Å². The number of imidazole rings is 1. The highest BCUT2D eigenvalue weighted by molar-refractivity contribution is 7.98. The van der Waals surface area contributed by atoms with Gasteiger partial charge in [-0.1, -0.05) is 24.3 Å². The number of aryl methyl sites for hydroxylation is 2. The van der Waals surface area contributed by atoms with Crippen molar-refractivity contribution < 1.29 is 9.53 Å². The lowest BCUT2D eigenvalue weighted by Gasteiger charge is -2.17. The van der Waals surface area contributed by atoms with Crippen molar-refractivity contribution in [3.05, 3.63) is 59.4 Å². The molecule has 0 saturated carbocycles. The number of ether oxygens (including phenoxy) is 1. The number of nitrogens with zero attached hydrogens (tertiary/aromatic N) is 1. The smallest absolute Gasteiger partial charge is 0.258 e. The Kier molecular flexibility index (Phi) is 6.40. The molecule has 0 aliphatic rings. The number of aromatic nitrogens is 2. The van der Waals surface area contributed by atoms with Crippen LogP contribution in [0.1, 0.15) is 29.4 Å². The standard InChI is InChI=1S/C21H25N3O2S/c1-14-8-9-15(2)19(12-14)26-13-20(25)22-18(10-11-27-3)21-23-16-6-4-5-7-17(16)24-21/h4-9,12,18H,10-11,13H2,1-3H3,(H,22,25)(H,23,24). The van der Waals surface area contributed by atoms with Crippen molar-refractivity contribution in [2.24, 2.45) is 0 Å². The van der Waals surface area contributed by atoms with Gasteiger partial charge in [-0.15, -0.1) is 0 Å². The molecule has 27 heavy (non-hydrogen) atoms. The van der Waals surface area contributed by atoms with E-state index < -0.39 is 0 Å². The van der Waals surface area contributed by atoms with Gasteiger partial charge in [0.15, 0.2) is 6.61 Å². The van der Waals surface area contributed by atoms with Gasteiger partial charge in [0.25, 0.3) is 5.91 Å². The van der Waals surface area contributed by atoms with E-state index in [2.05, 4.69) is 21.5 Å². The van der Waals surface area contributed by atoms with E-state index in [4.69, 9.17) is 4.74 Å². The minimum absolute atomic E-state index is 0.0136. The molecule has 2 N–H and O–H groups in total. The first-order valence-corrected chi connectivity index (χ1v) is 10.4. The molecule has 6 heteroatoms. The van der Waals surface area contributed by atoms with E-state index in [0.717, 1.165) is 45.9 Å². The van der Waals surface area contributed by atoms with Crippen LogP contribution in [-0.4, -0.2) is 34.5 Å². The van der Waals surface area contributed by atoms with Crippen LogP contribution in [0.2, 0.25) is 0 Å². The zero-order valence-electron chi connectivity index (χ0n) is 15.9. The summed E-state index contributed by atoms with van der Waals surface area (Å²) in [5, 5.41) is 3.06. The Bertz CT molecular complexity index is 890. The lowest BCUT2D eigenvalue weighted by molar-refractivity contribution is -0.123. The third-order valence-corrected chi connectivity index (χ3v) is 5.03. The van der Waals surface area contributed by atoms with Gasteiger partial charge in [-0.25, -0.2) is 4.98 Å².